The van der Waals surface area contributed by atoms with Crippen molar-refractivity contribution in [2.75, 3.05) is 23.7 Å². The predicted octanol–water partition coefficient (Wildman–Crippen LogP) is 4.39. The van der Waals surface area contributed by atoms with Gasteiger partial charge < -0.3 is 16.0 Å². The Labute approximate surface area is 167 Å². The SMILES string of the molecule is Cc1ccc(Nc2cc(C)nc(NCCNC(=O)c3ccc(Cl)s3)n2)cc1. The molecule has 0 aliphatic rings. The summed E-state index contributed by atoms with van der Waals surface area (Å²) in [5.74, 6) is 1.09. The standard InChI is InChI=1S/C19H20ClN5OS/c1-12-3-5-14(6-4-12)24-17-11-13(2)23-19(25-17)22-10-9-21-18(26)15-7-8-16(20)27-15/h3-8,11H,9-10H2,1-2H3,(H,21,26)(H2,22,23,24,25). The van der Waals surface area contributed by atoms with Gasteiger partial charge in [-0.3, -0.25) is 4.79 Å². The molecule has 2 aromatic heterocycles. The van der Waals surface area contributed by atoms with Gasteiger partial charge in [0.2, 0.25) is 5.95 Å². The molecule has 0 spiro atoms. The minimum absolute atomic E-state index is 0.138. The number of hydrogen-bond acceptors (Lipinski definition) is 6. The van der Waals surface area contributed by atoms with Crippen LogP contribution in [0.3, 0.4) is 0 Å². The molecule has 1 aromatic carbocycles. The first-order chi connectivity index (χ1) is 13.0. The molecule has 140 valence electrons. The van der Waals surface area contributed by atoms with Crippen LogP contribution in [0.25, 0.3) is 0 Å². The second-order valence-corrected chi connectivity index (χ2v) is 7.71. The highest BCUT2D eigenvalue weighted by Gasteiger charge is 2.08. The quantitative estimate of drug-likeness (QED) is 0.511. The van der Waals surface area contributed by atoms with E-state index in [9.17, 15) is 4.79 Å². The van der Waals surface area contributed by atoms with Gasteiger partial charge in [0.05, 0.1) is 9.21 Å². The van der Waals surface area contributed by atoms with E-state index < -0.39 is 0 Å². The van der Waals surface area contributed by atoms with Gasteiger partial charge in [0.1, 0.15) is 5.82 Å². The highest BCUT2D eigenvalue weighted by atomic mass is 35.5. The van der Waals surface area contributed by atoms with Crippen molar-refractivity contribution in [1.29, 1.82) is 0 Å². The lowest BCUT2D eigenvalue weighted by molar-refractivity contribution is 0.0959. The maximum Gasteiger partial charge on any atom is 0.261 e. The van der Waals surface area contributed by atoms with Gasteiger partial charge >= 0.3 is 0 Å². The number of aromatic nitrogens is 2. The molecule has 8 heteroatoms. The number of nitrogens with one attached hydrogen (secondary N) is 3. The van der Waals surface area contributed by atoms with Crippen LogP contribution in [0.5, 0.6) is 0 Å². The van der Waals surface area contributed by atoms with Crippen LogP contribution in [0.4, 0.5) is 17.5 Å². The van der Waals surface area contributed by atoms with Crippen LogP contribution in [0.1, 0.15) is 20.9 Å². The van der Waals surface area contributed by atoms with Crippen LogP contribution >= 0.6 is 22.9 Å². The Morgan fingerprint density at radius 3 is 2.56 bits per heavy atom. The number of hydrogen-bond donors (Lipinski definition) is 3. The zero-order chi connectivity index (χ0) is 19.2. The van der Waals surface area contributed by atoms with Gasteiger partial charge in [0.15, 0.2) is 0 Å². The van der Waals surface area contributed by atoms with Crippen LogP contribution < -0.4 is 16.0 Å². The molecule has 0 atom stereocenters. The van der Waals surface area contributed by atoms with E-state index in [-0.39, 0.29) is 5.91 Å². The van der Waals surface area contributed by atoms with E-state index in [1.54, 1.807) is 12.1 Å². The number of anilines is 3. The number of thiophene rings is 1. The molecule has 3 aromatic rings. The molecule has 27 heavy (non-hydrogen) atoms. The lowest BCUT2D eigenvalue weighted by atomic mass is 10.2. The van der Waals surface area contributed by atoms with Crippen molar-refractivity contribution in [3.05, 3.63) is 62.9 Å². The number of rotatable bonds is 7. The van der Waals surface area contributed by atoms with E-state index in [1.165, 1.54) is 16.9 Å². The summed E-state index contributed by atoms with van der Waals surface area (Å²) < 4.78 is 0.597. The maximum absolute atomic E-state index is 12.0. The van der Waals surface area contributed by atoms with Crippen molar-refractivity contribution >= 4 is 46.3 Å². The highest BCUT2D eigenvalue weighted by Crippen LogP contribution is 2.21. The molecule has 0 fully saturated rings. The maximum atomic E-state index is 12.0. The second-order valence-electron chi connectivity index (χ2n) is 6.00. The van der Waals surface area contributed by atoms with Gasteiger partial charge in [-0.2, -0.15) is 4.98 Å². The van der Waals surface area contributed by atoms with E-state index in [0.29, 0.717) is 34.1 Å². The molecule has 0 aliphatic carbocycles. The zero-order valence-corrected chi connectivity index (χ0v) is 16.6. The molecule has 3 N–H and O–H groups in total. The molecule has 0 saturated carbocycles. The summed E-state index contributed by atoms with van der Waals surface area (Å²) in [4.78, 5) is 21.4. The van der Waals surface area contributed by atoms with Crippen LogP contribution in [-0.2, 0) is 0 Å². The molecule has 0 bridgehead atoms. The van der Waals surface area contributed by atoms with Gasteiger partial charge in [0.25, 0.3) is 5.91 Å². The van der Waals surface area contributed by atoms with Gasteiger partial charge in [0, 0.05) is 30.5 Å². The minimum atomic E-state index is -0.138. The van der Waals surface area contributed by atoms with E-state index in [1.807, 2.05) is 44.2 Å². The molecular weight excluding hydrogens is 382 g/mol. The smallest absolute Gasteiger partial charge is 0.261 e. The normalized spacial score (nSPS) is 10.5. The molecule has 3 rings (SSSR count). The number of carbonyl (C=O) groups excluding carboxylic acids is 1. The Kier molecular flexibility index (Phi) is 6.26. The molecule has 1 amide bonds. The van der Waals surface area contributed by atoms with Crippen molar-refractivity contribution in [1.82, 2.24) is 15.3 Å². The van der Waals surface area contributed by atoms with E-state index >= 15 is 0 Å². The number of aryl methyl sites for hydroxylation is 2. The number of amides is 1. The Hall–Kier alpha value is -2.64. The molecule has 2 heterocycles. The third-order valence-electron chi connectivity index (χ3n) is 3.67. The number of nitrogens with zero attached hydrogens (tertiary/aromatic N) is 2. The van der Waals surface area contributed by atoms with Crippen LogP contribution in [0.2, 0.25) is 4.34 Å². The van der Waals surface area contributed by atoms with Crippen LogP contribution in [-0.4, -0.2) is 29.0 Å². The number of halogens is 1. The lowest BCUT2D eigenvalue weighted by Gasteiger charge is -2.10. The summed E-state index contributed by atoms with van der Waals surface area (Å²) >= 11 is 7.10. The van der Waals surface area contributed by atoms with Crippen molar-refractivity contribution in [3.63, 3.8) is 0 Å². The summed E-state index contributed by atoms with van der Waals surface area (Å²) in [5.41, 5.74) is 3.01. The van der Waals surface area contributed by atoms with Crippen molar-refractivity contribution in [2.24, 2.45) is 0 Å². The lowest BCUT2D eigenvalue weighted by Crippen LogP contribution is -2.28. The van der Waals surface area contributed by atoms with Crippen molar-refractivity contribution in [3.8, 4) is 0 Å². The Bertz CT molecular complexity index is 926. The van der Waals surface area contributed by atoms with Crippen molar-refractivity contribution < 1.29 is 4.79 Å². The van der Waals surface area contributed by atoms with Crippen LogP contribution in [0.15, 0.2) is 42.5 Å². The fourth-order valence-corrected chi connectivity index (χ4v) is 3.33. The fourth-order valence-electron chi connectivity index (χ4n) is 2.37. The third kappa shape index (κ3) is 5.67. The van der Waals surface area contributed by atoms with Gasteiger partial charge in [-0.1, -0.05) is 29.3 Å². The molecule has 0 saturated heterocycles. The Balaban J connectivity index is 1.53. The fraction of sp³-hybridized carbons (Fsp3) is 0.211. The first-order valence-electron chi connectivity index (χ1n) is 8.46. The second kappa shape index (κ2) is 8.83. The van der Waals surface area contributed by atoms with Crippen LogP contribution in [0, 0.1) is 13.8 Å². The average Bonchev–Trinajstić information content (AvgIpc) is 3.07. The Morgan fingerprint density at radius 1 is 1.07 bits per heavy atom. The summed E-state index contributed by atoms with van der Waals surface area (Å²) in [7, 11) is 0. The third-order valence-corrected chi connectivity index (χ3v) is 4.90. The summed E-state index contributed by atoms with van der Waals surface area (Å²) in [6.45, 7) is 4.92. The van der Waals surface area contributed by atoms with Gasteiger partial charge in [-0.25, -0.2) is 4.98 Å². The van der Waals surface area contributed by atoms with Crippen molar-refractivity contribution in [2.45, 2.75) is 13.8 Å². The first-order valence-corrected chi connectivity index (χ1v) is 9.66. The first kappa shape index (κ1) is 19.1. The summed E-state index contributed by atoms with van der Waals surface area (Å²) in [6.07, 6.45) is 0. The highest BCUT2D eigenvalue weighted by molar-refractivity contribution is 7.17. The minimum Gasteiger partial charge on any atom is -0.352 e. The molecule has 6 nitrogen and oxygen atoms in total. The van der Waals surface area contributed by atoms with Gasteiger partial charge in [-0.15, -0.1) is 11.3 Å². The summed E-state index contributed by atoms with van der Waals surface area (Å²) in [5, 5.41) is 9.24. The molecule has 0 aliphatic heterocycles. The number of carbonyl (C=O) groups is 1. The van der Waals surface area contributed by atoms with Gasteiger partial charge in [-0.05, 0) is 38.1 Å². The molecule has 0 unspecified atom stereocenters. The monoisotopic (exact) mass is 401 g/mol. The predicted molar refractivity (Wildman–Crippen MR) is 111 cm³/mol. The van der Waals surface area contributed by atoms with E-state index in [0.717, 1.165) is 11.4 Å². The molecular formula is C19H20ClN5OS. The van der Waals surface area contributed by atoms with E-state index in [4.69, 9.17) is 11.6 Å². The van der Waals surface area contributed by atoms with E-state index in [2.05, 4.69) is 25.9 Å². The number of benzene rings is 1. The molecule has 0 radical (unpaired) electrons. The topological polar surface area (TPSA) is 78.9 Å². The Morgan fingerprint density at radius 2 is 1.85 bits per heavy atom. The summed E-state index contributed by atoms with van der Waals surface area (Å²) in [6, 6.07) is 13.4. The zero-order valence-electron chi connectivity index (χ0n) is 15.0. The largest absolute Gasteiger partial charge is 0.352 e. The average molecular weight is 402 g/mol.